The molecule has 2 atom stereocenters. The van der Waals surface area contributed by atoms with Gasteiger partial charge in [-0.1, -0.05) is 19.9 Å². The Balaban J connectivity index is 2.36. The predicted molar refractivity (Wildman–Crippen MR) is 60.7 cm³/mol. The number of nitrogens with zero attached hydrogens (tertiary/aromatic N) is 1. The molecule has 0 amide bonds. The summed E-state index contributed by atoms with van der Waals surface area (Å²) < 4.78 is 47.7. The highest BCUT2D eigenvalue weighted by Crippen LogP contribution is 2.42. The molecule has 6 heteroatoms. The van der Waals surface area contributed by atoms with Crippen molar-refractivity contribution < 1.29 is 22.6 Å². The highest BCUT2D eigenvalue weighted by Gasteiger charge is 2.49. The van der Waals surface area contributed by atoms with Crippen LogP contribution in [-0.4, -0.2) is 12.5 Å². The van der Waals surface area contributed by atoms with Crippen molar-refractivity contribution in [3.63, 3.8) is 0 Å². The molecule has 0 aliphatic carbocycles. The Labute approximate surface area is 108 Å². The maximum atomic E-state index is 13.1. The quantitative estimate of drug-likeness (QED) is 0.825. The number of ether oxygens (including phenoxy) is 2. The largest absolute Gasteiger partial charge is 0.468 e. The van der Waals surface area contributed by atoms with Gasteiger partial charge < -0.3 is 9.47 Å². The SMILES string of the molecule is CC(C)C(C#N)c1ccc2c(c1)OC(F)C(F)(F)O2. The maximum Gasteiger partial charge on any atom is 0.468 e. The second kappa shape index (κ2) is 4.65. The van der Waals surface area contributed by atoms with E-state index in [1.54, 1.807) is 0 Å². The van der Waals surface area contributed by atoms with Crippen molar-refractivity contribution >= 4 is 0 Å². The summed E-state index contributed by atoms with van der Waals surface area (Å²) in [7, 11) is 0. The van der Waals surface area contributed by atoms with Crippen molar-refractivity contribution in [2.45, 2.75) is 32.2 Å². The number of benzene rings is 1. The Kier molecular flexibility index (Phi) is 3.31. The van der Waals surface area contributed by atoms with E-state index in [1.807, 2.05) is 13.8 Å². The van der Waals surface area contributed by atoms with Gasteiger partial charge in [0.05, 0.1) is 12.0 Å². The molecule has 3 nitrogen and oxygen atoms in total. The van der Waals surface area contributed by atoms with E-state index in [2.05, 4.69) is 15.5 Å². The molecule has 1 aromatic carbocycles. The molecule has 1 aliphatic heterocycles. The van der Waals surface area contributed by atoms with E-state index in [1.165, 1.54) is 18.2 Å². The van der Waals surface area contributed by atoms with Gasteiger partial charge >= 0.3 is 12.5 Å². The fraction of sp³-hybridized carbons (Fsp3) is 0.462. The molecule has 0 spiro atoms. The Morgan fingerprint density at radius 1 is 1.32 bits per heavy atom. The summed E-state index contributed by atoms with van der Waals surface area (Å²) in [5.41, 5.74) is 0.581. The minimum Gasteiger partial charge on any atom is -0.447 e. The molecule has 0 radical (unpaired) electrons. The summed E-state index contributed by atoms with van der Waals surface area (Å²) in [5, 5.41) is 9.07. The summed E-state index contributed by atoms with van der Waals surface area (Å²) in [6.07, 6.45) is -6.85. The van der Waals surface area contributed by atoms with Gasteiger partial charge in [0, 0.05) is 0 Å². The van der Waals surface area contributed by atoms with Crippen LogP contribution < -0.4 is 9.47 Å². The molecule has 0 fully saturated rings. The van der Waals surface area contributed by atoms with Crippen LogP contribution in [0.2, 0.25) is 0 Å². The van der Waals surface area contributed by atoms with Gasteiger partial charge in [-0.05, 0) is 23.6 Å². The van der Waals surface area contributed by atoms with Crippen LogP contribution in [0.3, 0.4) is 0 Å². The van der Waals surface area contributed by atoms with E-state index in [0.29, 0.717) is 5.56 Å². The van der Waals surface area contributed by atoms with Gasteiger partial charge in [0.2, 0.25) is 0 Å². The van der Waals surface area contributed by atoms with Crippen LogP contribution >= 0.6 is 0 Å². The number of nitriles is 1. The zero-order valence-electron chi connectivity index (χ0n) is 10.4. The lowest BCUT2D eigenvalue weighted by atomic mass is 9.89. The van der Waals surface area contributed by atoms with E-state index in [0.717, 1.165) is 0 Å². The second-order valence-corrected chi connectivity index (χ2v) is 4.65. The third kappa shape index (κ3) is 2.46. The van der Waals surface area contributed by atoms with Crippen LogP contribution in [0.4, 0.5) is 13.2 Å². The molecule has 0 saturated heterocycles. The Hall–Kier alpha value is -1.90. The van der Waals surface area contributed by atoms with Crippen LogP contribution in [0, 0.1) is 17.2 Å². The first-order valence-corrected chi connectivity index (χ1v) is 5.76. The summed E-state index contributed by atoms with van der Waals surface area (Å²) in [4.78, 5) is 0. The van der Waals surface area contributed by atoms with E-state index in [-0.39, 0.29) is 17.4 Å². The maximum absolute atomic E-state index is 13.1. The lowest BCUT2D eigenvalue weighted by molar-refractivity contribution is -0.281. The minimum atomic E-state index is -4.00. The topological polar surface area (TPSA) is 42.2 Å². The molecule has 1 heterocycles. The van der Waals surface area contributed by atoms with Crippen molar-refractivity contribution in [2.75, 3.05) is 0 Å². The van der Waals surface area contributed by atoms with Gasteiger partial charge in [0.25, 0.3) is 0 Å². The molecule has 2 unspecified atom stereocenters. The van der Waals surface area contributed by atoms with Gasteiger partial charge in [0.15, 0.2) is 11.5 Å². The number of rotatable bonds is 2. The van der Waals surface area contributed by atoms with Crippen molar-refractivity contribution in [3.05, 3.63) is 23.8 Å². The predicted octanol–water partition coefficient (Wildman–Crippen LogP) is 3.61. The highest BCUT2D eigenvalue weighted by molar-refractivity contribution is 5.46. The molecule has 1 aromatic rings. The monoisotopic (exact) mass is 271 g/mol. The van der Waals surface area contributed by atoms with Crippen LogP contribution in [0.5, 0.6) is 11.5 Å². The average molecular weight is 271 g/mol. The third-order valence-electron chi connectivity index (χ3n) is 2.87. The first-order valence-electron chi connectivity index (χ1n) is 5.76. The van der Waals surface area contributed by atoms with Gasteiger partial charge in [-0.2, -0.15) is 18.4 Å². The van der Waals surface area contributed by atoms with Gasteiger partial charge in [0.1, 0.15) is 0 Å². The summed E-state index contributed by atoms with van der Waals surface area (Å²) >= 11 is 0. The minimum absolute atomic E-state index is 0.0372. The Bertz CT molecular complexity index is 525. The molecular weight excluding hydrogens is 259 g/mol. The van der Waals surface area contributed by atoms with Gasteiger partial charge in [-0.25, -0.2) is 0 Å². The molecule has 19 heavy (non-hydrogen) atoms. The Morgan fingerprint density at radius 2 is 2.00 bits per heavy atom. The first-order chi connectivity index (χ1) is 8.85. The number of hydrogen-bond donors (Lipinski definition) is 0. The van der Waals surface area contributed by atoms with Crippen LogP contribution in [0.15, 0.2) is 18.2 Å². The second-order valence-electron chi connectivity index (χ2n) is 4.65. The van der Waals surface area contributed by atoms with Crippen LogP contribution in [0.25, 0.3) is 0 Å². The standard InChI is InChI=1S/C13H12F3NO2/c1-7(2)9(6-17)8-3-4-10-11(5-8)18-12(14)13(15,16)19-10/h3-5,7,9,12H,1-2H3. The zero-order chi connectivity index (χ0) is 14.2. The van der Waals surface area contributed by atoms with Crippen LogP contribution in [0.1, 0.15) is 25.3 Å². The normalized spacial score (nSPS) is 21.8. The Morgan fingerprint density at radius 3 is 2.58 bits per heavy atom. The number of fused-ring (bicyclic) bond motifs is 1. The smallest absolute Gasteiger partial charge is 0.447 e. The number of alkyl halides is 3. The van der Waals surface area contributed by atoms with E-state index < -0.39 is 18.4 Å². The van der Waals surface area contributed by atoms with E-state index >= 15 is 0 Å². The molecule has 0 saturated carbocycles. The molecule has 0 N–H and O–H groups in total. The number of hydrogen-bond acceptors (Lipinski definition) is 3. The summed E-state index contributed by atoms with van der Waals surface area (Å²) in [6, 6.07) is 6.25. The molecule has 0 bridgehead atoms. The summed E-state index contributed by atoms with van der Waals surface area (Å²) in [6.45, 7) is 3.72. The lowest BCUT2D eigenvalue weighted by Crippen LogP contribution is -2.43. The molecular formula is C13H12F3NO2. The zero-order valence-corrected chi connectivity index (χ0v) is 10.4. The van der Waals surface area contributed by atoms with E-state index in [4.69, 9.17) is 5.26 Å². The van der Waals surface area contributed by atoms with Crippen molar-refractivity contribution in [1.82, 2.24) is 0 Å². The van der Waals surface area contributed by atoms with Crippen molar-refractivity contribution in [3.8, 4) is 17.6 Å². The lowest BCUT2D eigenvalue weighted by Gasteiger charge is -2.29. The molecule has 1 aliphatic rings. The number of halogens is 3. The third-order valence-corrected chi connectivity index (χ3v) is 2.87. The van der Waals surface area contributed by atoms with Gasteiger partial charge in [-0.3, -0.25) is 0 Å². The van der Waals surface area contributed by atoms with Crippen LogP contribution in [-0.2, 0) is 0 Å². The first kappa shape index (κ1) is 13.5. The molecule has 2 rings (SSSR count). The molecule has 0 aromatic heterocycles. The molecule has 102 valence electrons. The van der Waals surface area contributed by atoms with Gasteiger partial charge in [-0.15, -0.1) is 0 Å². The summed E-state index contributed by atoms with van der Waals surface area (Å²) in [5.74, 6) is -0.732. The highest BCUT2D eigenvalue weighted by atomic mass is 19.3. The average Bonchev–Trinajstić information content (AvgIpc) is 2.31. The fourth-order valence-corrected chi connectivity index (χ4v) is 1.88. The van der Waals surface area contributed by atoms with Crippen molar-refractivity contribution in [1.29, 1.82) is 5.26 Å². The fourth-order valence-electron chi connectivity index (χ4n) is 1.88. The van der Waals surface area contributed by atoms with E-state index in [9.17, 15) is 13.2 Å². The van der Waals surface area contributed by atoms with Crippen molar-refractivity contribution in [2.24, 2.45) is 5.92 Å².